The Bertz CT molecular complexity index is 469. The highest BCUT2D eigenvalue weighted by Crippen LogP contribution is 2.20. The van der Waals surface area contributed by atoms with Crippen molar-refractivity contribution in [3.63, 3.8) is 0 Å². The molecule has 0 radical (unpaired) electrons. The average Bonchev–Trinajstić information content (AvgIpc) is 3.20. The molecule has 3 heterocycles. The second kappa shape index (κ2) is 7.13. The Morgan fingerprint density at radius 1 is 1.32 bits per heavy atom. The third-order valence-electron chi connectivity index (χ3n) is 4.73. The van der Waals surface area contributed by atoms with Gasteiger partial charge in [0, 0.05) is 37.6 Å². The van der Waals surface area contributed by atoms with Crippen LogP contribution in [0, 0.1) is 0 Å². The lowest BCUT2D eigenvalue weighted by molar-refractivity contribution is 0.123. The lowest BCUT2D eigenvalue weighted by atomic mass is 10.0. The molecular weight excluding hydrogens is 278 g/mol. The van der Waals surface area contributed by atoms with Gasteiger partial charge >= 0.3 is 6.03 Å². The van der Waals surface area contributed by atoms with Gasteiger partial charge in [-0.2, -0.15) is 5.10 Å². The molecule has 1 aromatic rings. The van der Waals surface area contributed by atoms with Crippen molar-refractivity contribution in [2.24, 2.45) is 0 Å². The SMILES string of the molecule is C[C@H](Cn1cccn1)NC(=O)N1CCC[C@@H](N2CCCC2)C1. The van der Waals surface area contributed by atoms with Crippen molar-refractivity contribution in [2.45, 2.75) is 51.2 Å². The first kappa shape index (κ1) is 15.3. The van der Waals surface area contributed by atoms with Crippen LogP contribution in [0.5, 0.6) is 0 Å². The minimum Gasteiger partial charge on any atom is -0.334 e. The zero-order valence-corrected chi connectivity index (χ0v) is 13.4. The third-order valence-corrected chi connectivity index (χ3v) is 4.73. The monoisotopic (exact) mass is 305 g/mol. The molecule has 1 N–H and O–H groups in total. The number of amides is 2. The maximum atomic E-state index is 12.5. The van der Waals surface area contributed by atoms with Crippen molar-refractivity contribution in [1.29, 1.82) is 0 Å². The molecule has 0 saturated carbocycles. The highest BCUT2D eigenvalue weighted by Gasteiger charge is 2.29. The molecule has 122 valence electrons. The predicted molar refractivity (Wildman–Crippen MR) is 85.6 cm³/mol. The molecule has 0 spiro atoms. The number of nitrogens with zero attached hydrogens (tertiary/aromatic N) is 4. The minimum atomic E-state index is 0.0727. The van der Waals surface area contributed by atoms with Crippen molar-refractivity contribution in [3.05, 3.63) is 18.5 Å². The lowest BCUT2D eigenvalue weighted by Gasteiger charge is -2.38. The van der Waals surface area contributed by atoms with E-state index in [1.165, 1.54) is 32.4 Å². The number of piperidine rings is 1. The van der Waals surface area contributed by atoms with E-state index in [1.807, 2.05) is 28.8 Å². The number of carbonyl (C=O) groups is 1. The summed E-state index contributed by atoms with van der Waals surface area (Å²) in [6.45, 7) is 6.90. The van der Waals surface area contributed by atoms with Crippen molar-refractivity contribution >= 4 is 6.03 Å². The van der Waals surface area contributed by atoms with Gasteiger partial charge in [0.25, 0.3) is 0 Å². The molecule has 2 amide bonds. The molecule has 0 unspecified atom stereocenters. The van der Waals surface area contributed by atoms with Gasteiger partial charge < -0.3 is 10.2 Å². The van der Waals surface area contributed by atoms with Gasteiger partial charge in [-0.1, -0.05) is 0 Å². The summed E-state index contributed by atoms with van der Waals surface area (Å²) < 4.78 is 1.86. The molecule has 2 aliphatic heterocycles. The van der Waals surface area contributed by atoms with Crippen LogP contribution in [0.1, 0.15) is 32.6 Å². The Labute approximate surface area is 132 Å². The number of likely N-dealkylation sites (tertiary alicyclic amines) is 2. The topological polar surface area (TPSA) is 53.4 Å². The Kier molecular flexibility index (Phi) is 4.97. The quantitative estimate of drug-likeness (QED) is 0.918. The molecule has 2 fully saturated rings. The van der Waals surface area contributed by atoms with Crippen molar-refractivity contribution in [2.75, 3.05) is 26.2 Å². The molecule has 6 nitrogen and oxygen atoms in total. The van der Waals surface area contributed by atoms with Crippen LogP contribution in [-0.4, -0.2) is 63.9 Å². The number of rotatable bonds is 4. The second-order valence-corrected chi connectivity index (χ2v) is 6.56. The number of carbonyl (C=O) groups excluding carboxylic acids is 1. The summed E-state index contributed by atoms with van der Waals surface area (Å²) in [5.41, 5.74) is 0. The highest BCUT2D eigenvalue weighted by atomic mass is 16.2. The molecule has 2 aliphatic rings. The molecule has 2 atom stereocenters. The molecule has 1 aromatic heterocycles. The standard InChI is InChI=1S/C16H27N5O/c1-14(12-21-11-5-7-17-21)18-16(22)20-10-4-6-15(13-20)19-8-2-3-9-19/h5,7,11,14-15H,2-4,6,8-10,12-13H2,1H3,(H,18,22)/t14-,15-/m1/s1. The highest BCUT2D eigenvalue weighted by molar-refractivity contribution is 5.74. The molecular formula is C16H27N5O. The number of hydrogen-bond donors (Lipinski definition) is 1. The summed E-state index contributed by atoms with van der Waals surface area (Å²) in [6.07, 6.45) is 8.65. The molecule has 0 aromatic carbocycles. The first-order valence-corrected chi connectivity index (χ1v) is 8.49. The van der Waals surface area contributed by atoms with Crippen LogP contribution in [0.15, 0.2) is 18.5 Å². The van der Waals surface area contributed by atoms with Crippen molar-refractivity contribution < 1.29 is 4.79 Å². The van der Waals surface area contributed by atoms with E-state index in [2.05, 4.69) is 15.3 Å². The lowest BCUT2D eigenvalue weighted by Crippen LogP contribution is -2.53. The van der Waals surface area contributed by atoms with E-state index >= 15 is 0 Å². The second-order valence-electron chi connectivity index (χ2n) is 6.56. The Morgan fingerprint density at radius 2 is 2.14 bits per heavy atom. The smallest absolute Gasteiger partial charge is 0.317 e. The molecule has 22 heavy (non-hydrogen) atoms. The van der Waals surface area contributed by atoms with Crippen LogP contribution in [0.2, 0.25) is 0 Å². The van der Waals surface area contributed by atoms with E-state index in [-0.39, 0.29) is 12.1 Å². The third kappa shape index (κ3) is 3.80. The van der Waals surface area contributed by atoms with Gasteiger partial charge in [0.2, 0.25) is 0 Å². The van der Waals surface area contributed by atoms with Gasteiger partial charge in [0.1, 0.15) is 0 Å². The fourth-order valence-electron chi connectivity index (χ4n) is 3.58. The van der Waals surface area contributed by atoms with Gasteiger partial charge in [0.05, 0.1) is 6.54 Å². The summed E-state index contributed by atoms with van der Waals surface area (Å²) in [6, 6.07) is 2.62. The van der Waals surface area contributed by atoms with E-state index in [9.17, 15) is 4.79 Å². The first-order chi connectivity index (χ1) is 10.7. The Hall–Kier alpha value is -1.56. The van der Waals surface area contributed by atoms with Crippen LogP contribution in [0.4, 0.5) is 4.79 Å². The molecule has 2 saturated heterocycles. The molecule has 0 aliphatic carbocycles. The van der Waals surface area contributed by atoms with Gasteiger partial charge in [-0.15, -0.1) is 0 Å². The van der Waals surface area contributed by atoms with Gasteiger partial charge in [0.15, 0.2) is 0 Å². The number of urea groups is 1. The van der Waals surface area contributed by atoms with Crippen LogP contribution in [-0.2, 0) is 6.54 Å². The van der Waals surface area contributed by atoms with Crippen LogP contribution in [0.3, 0.4) is 0 Å². The number of hydrogen-bond acceptors (Lipinski definition) is 3. The zero-order chi connectivity index (χ0) is 15.4. The summed E-state index contributed by atoms with van der Waals surface area (Å²) in [4.78, 5) is 17.0. The Morgan fingerprint density at radius 3 is 2.86 bits per heavy atom. The van der Waals surface area contributed by atoms with Crippen LogP contribution < -0.4 is 5.32 Å². The van der Waals surface area contributed by atoms with Crippen molar-refractivity contribution in [1.82, 2.24) is 24.9 Å². The van der Waals surface area contributed by atoms with Crippen LogP contribution in [0.25, 0.3) is 0 Å². The predicted octanol–water partition coefficient (Wildman–Crippen LogP) is 1.54. The van der Waals surface area contributed by atoms with E-state index < -0.39 is 0 Å². The normalized spacial score (nSPS) is 24.4. The summed E-state index contributed by atoms with van der Waals surface area (Å²) in [5.74, 6) is 0. The van der Waals surface area contributed by atoms with Gasteiger partial charge in [-0.25, -0.2) is 4.79 Å². The van der Waals surface area contributed by atoms with E-state index in [0.717, 1.165) is 19.5 Å². The van der Waals surface area contributed by atoms with E-state index in [1.54, 1.807) is 6.20 Å². The molecule has 6 heteroatoms. The molecule has 3 rings (SSSR count). The van der Waals surface area contributed by atoms with Gasteiger partial charge in [-0.05, 0) is 51.8 Å². The molecule has 0 bridgehead atoms. The Balaban J connectivity index is 1.48. The average molecular weight is 305 g/mol. The maximum absolute atomic E-state index is 12.5. The maximum Gasteiger partial charge on any atom is 0.317 e. The fraction of sp³-hybridized carbons (Fsp3) is 0.750. The van der Waals surface area contributed by atoms with E-state index in [0.29, 0.717) is 12.6 Å². The number of aromatic nitrogens is 2. The number of nitrogens with one attached hydrogen (secondary N) is 1. The van der Waals surface area contributed by atoms with Crippen LogP contribution >= 0.6 is 0 Å². The van der Waals surface area contributed by atoms with Crippen molar-refractivity contribution in [3.8, 4) is 0 Å². The zero-order valence-electron chi connectivity index (χ0n) is 13.4. The summed E-state index contributed by atoms with van der Waals surface area (Å²) in [5, 5.41) is 7.29. The summed E-state index contributed by atoms with van der Waals surface area (Å²) in [7, 11) is 0. The first-order valence-electron chi connectivity index (χ1n) is 8.49. The summed E-state index contributed by atoms with van der Waals surface area (Å²) >= 11 is 0. The minimum absolute atomic E-state index is 0.0727. The largest absolute Gasteiger partial charge is 0.334 e. The van der Waals surface area contributed by atoms with E-state index in [4.69, 9.17) is 0 Å². The van der Waals surface area contributed by atoms with Gasteiger partial charge in [-0.3, -0.25) is 9.58 Å². The fourth-order valence-corrected chi connectivity index (χ4v) is 3.58.